The molecule has 6 heterocycles. The van der Waals surface area contributed by atoms with Gasteiger partial charge in [0.05, 0.1) is 67.3 Å². The summed E-state index contributed by atoms with van der Waals surface area (Å²) >= 11 is 0. The minimum atomic E-state index is 0.656. The van der Waals surface area contributed by atoms with E-state index in [-0.39, 0.29) is 0 Å². The highest BCUT2D eigenvalue weighted by Gasteiger charge is 2.25. The minimum absolute atomic E-state index is 0.656. The molecule has 9 heteroatoms. The molecule has 0 saturated heterocycles. The Morgan fingerprint density at radius 1 is 0.110 bits per heavy atom. The predicted molar refractivity (Wildman–Crippen MR) is 606 cm³/mol. The summed E-state index contributed by atoms with van der Waals surface area (Å²) in [6.07, 6.45) is 0. The molecular weight excluding hydrogens is 1760 g/mol. The Morgan fingerprint density at radius 2 is 0.317 bits per heavy atom. The summed E-state index contributed by atoms with van der Waals surface area (Å²) in [5, 5.41) is 24.6. The van der Waals surface area contributed by atoms with Crippen LogP contribution in [-0.2, 0) is 0 Å². The van der Waals surface area contributed by atoms with Crippen LogP contribution in [0.5, 0.6) is 0 Å². The second-order valence-corrected chi connectivity index (χ2v) is 37.1. The molecule has 0 saturated carbocycles. The van der Waals surface area contributed by atoms with Crippen LogP contribution in [0.2, 0.25) is 0 Å². The molecule has 0 spiro atoms. The quantitative estimate of drug-likeness (QED) is 0.107. The smallest absolute Gasteiger partial charge is 0.235 e. The number of hydrogen-bond donors (Lipinski definition) is 0. The molecule has 145 heavy (non-hydrogen) atoms. The molecule has 0 fully saturated rings. The fourth-order valence-corrected chi connectivity index (χ4v) is 21.6. The largest absolute Gasteiger partial charge is 0.278 e. The SMILES string of the molecule is c1ccc(-c2cc(-c3ccccc3)nc(-n3c4ccccc4c4c5ccc(-c6ccc7c(ccc8ccccc87)c6)cc5ccc43)n2)cc1.c1ccc(-c2cc(-c3ccccc3)nc(-n3c4ccccc4c4c5ccc(-c6ccc7ccc8ccccc8c7c6)cc5ccc43)n2)cc1.c1ccc(-c2ccc(-c3ccc4ccc5c(c4c3)c3ccccc3n5-c3nc(-c4ccccc4)cc(-c4ccccc4)n3)cc2)cc1. The van der Waals surface area contributed by atoms with Crippen LogP contribution in [0.3, 0.4) is 0 Å². The molecule has 29 aromatic rings. The van der Waals surface area contributed by atoms with Gasteiger partial charge in [0.25, 0.3) is 0 Å². The lowest BCUT2D eigenvalue weighted by Gasteiger charge is -2.12. The highest BCUT2D eigenvalue weighted by atomic mass is 15.2. The van der Waals surface area contributed by atoms with Crippen molar-refractivity contribution in [1.29, 1.82) is 0 Å². The fraction of sp³-hybridized carbons (Fsp3) is 0. The normalized spacial score (nSPS) is 11.6. The first kappa shape index (κ1) is 84.8. The molecule has 0 amide bonds. The van der Waals surface area contributed by atoms with E-state index in [1.807, 2.05) is 36.4 Å². The van der Waals surface area contributed by atoms with Crippen LogP contribution in [0.4, 0.5) is 0 Å². The zero-order chi connectivity index (χ0) is 95.8. The number of aromatic nitrogens is 9. The predicted octanol–water partition coefficient (Wildman–Crippen LogP) is 35.5. The number of hydrogen-bond acceptors (Lipinski definition) is 6. The maximum absolute atomic E-state index is 5.20. The number of benzene rings is 23. The zero-order valence-corrected chi connectivity index (χ0v) is 78.8. The van der Waals surface area contributed by atoms with Gasteiger partial charge in [-0.3, -0.25) is 13.7 Å². The van der Waals surface area contributed by atoms with Gasteiger partial charge in [-0.25, -0.2) is 29.9 Å². The van der Waals surface area contributed by atoms with Crippen molar-refractivity contribution in [2.24, 2.45) is 0 Å². The molecular formula is C136H87N9. The van der Waals surface area contributed by atoms with E-state index in [0.29, 0.717) is 17.8 Å². The van der Waals surface area contributed by atoms with Gasteiger partial charge in [-0.1, -0.05) is 443 Å². The third-order valence-corrected chi connectivity index (χ3v) is 28.6. The van der Waals surface area contributed by atoms with Crippen molar-refractivity contribution in [2.75, 3.05) is 0 Å². The Balaban J connectivity index is 0.000000108. The average molecular weight is 1850 g/mol. The van der Waals surface area contributed by atoms with Crippen LogP contribution in [0.1, 0.15) is 0 Å². The molecule has 0 aliphatic carbocycles. The van der Waals surface area contributed by atoms with Crippen LogP contribution < -0.4 is 0 Å². The van der Waals surface area contributed by atoms with E-state index < -0.39 is 0 Å². The van der Waals surface area contributed by atoms with E-state index in [2.05, 4.69) is 505 Å². The standard InChI is InChI=1S/2C46H29N3.C44H29N3/c1-3-12-31(13-4-1)41-29-42(32-14-5-2-6-15-32)48-46(47-41)49-43-18-10-9-17-40(43)45-39-25-22-34(28-36(39)23-26-44(45)49)33-21-24-38-35(27-33)20-19-30-11-7-8-16-37(30)38;1-3-12-32(13-4-1)41-29-42(33-14-5-2-6-15-33)48-46(47-41)49-43-18-10-9-17-39(43)45-38-25-23-34(27-36(38)24-26-44(45)49)35-22-21-31-20-19-30-11-7-8-16-37(30)40(31)28-35;1-4-12-30(13-5-1)31-20-22-32(23-21-31)36-25-24-33-26-27-42-43(38(33)28-36)37-18-10-11-19-41(37)47(42)44-45-39(34-14-6-2-7-15-34)29-40(46-44)35-16-8-3-9-17-35/h2*1-29H;1-29H. The van der Waals surface area contributed by atoms with Gasteiger partial charge in [-0.15, -0.1) is 0 Å². The van der Waals surface area contributed by atoms with E-state index >= 15 is 0 Å². The fourth-order valence-electron chi connectivity index (χ4n) is 21.6. The number of rotatable bonds is 13. The number of nitrogens with zero attached hydrogens (tertiary/aromatic N) is 9. The van der Waals surface area contributed by atoms with E-state index in [1.54, 1.807) is 0 Å². The summed E-state index contributed by atoms with van der Waals surface area (Å²) in [6.45, 7) is 0. The summed E-state index contributed by atoms with van der Waals surface area (Å²) in [5.74, 6) is 1.97. The van der Waals surface area contributed by atoms with Crippen molar-refractivity contribution >= 4 is 141 Å². The Kier molecular flexibility index (Phi) is 21.1. The Bertz CT molecular complexity index is 9940. The molecule has 676 valence electrons. The van der Waals surface area contributed by atoms with Gasteiger partial charge in [-0.2, -0.15) is 0 Å². The molecule has 0 unspecified atom stereocenters. The molecule has 0 radical (unpaired) electrons. The highest BCUT2D eigenvalue weighted by molar-refractivity contribution is 6.25. The number of para-hydroxylation sites is 3. The molecule has 0 aliphatic heterocycles. The lowest BCUT2D eigenvalue weighted by molar-refractivity contribution is 0.995. The van der Waals surface area contributed by atoms with Gasteiger partial charge in [0, 0.05) is 65.7 Å². The van der Waals surface area contributed by atoms with Crippen LogP contribution in [-0.4, -0.2) is 43.6 Å². The second-order valence-electron chi connectivity index (χ2n) is 37.1. The second kappa shape index (κ2) is 36.1. The molecule has 0 atom stereocenters. The molecule has 29 rings (SSSR count). The van der Waals surface area contributed by atoms with Crippen molar-refractivity contribution in [3.8, 4) is 130 Å². The van der Waals surface area contributed by atoms with Crippen molar-refractivity contribution in [1.82, 2.24) is 43.6 Å². The first-order chi connectivity index (χ1) is 71.9. The topological polar surface area (TPSA) is 92.1 Å². The van der Waals surface area contributed by atoms with Crippen molar-refractivity contribution < 1.29 is 0 Å². The van der Waals surface area contributed by atoms with Crippen LogP contribution in [0.25, 0.3) is 271 Å². The van der Waals surface area contributed by atoms with Crippen LogP contribution in [0, 0.1) is 0 Å². The molecule has 23 aromatic carbocycles. The lowest BCUT2D eigenvalue weighted by atomic mass is 9.95. The molecule has 0 N–H and O–H groups in total. The Hall–Kier alpha value is -19.5. The van der Waals surface area contributed by atoms with Crippen molar-refractivity contribution in [3.05, 3.63) is 528 Å². The molecule has 0 aliphatic rings. The van der Waals surface area contributed by atoms with Gasteiger partial charge in [0.15, 0.2) is 0 Å². The van der Waals surface area contributed by atoms with E-state index in [1.165, 1.54) is 152 Å². The minimum Gasteiger partial charge on any atom is -0.278 e. The summed E-state index contributed by atoms with van der Waals surface area (Å²) in [4.78, 5) is 31.2. The maximum Gasteiger partial charge on any atom is 0.235 e. The summed E-state index contributed by atoms with van der Waals surface area (Å²) in [7, 11) is 0. The first-order valence-corrected chi connectivity index (χ1v) is 49.3. The lowest BCUT2D eigenvalue weighted by Crippen LogP contribution is -2.04. The van der Waals surface area contributed by atoms with E-state index in [4.69, 9.17) is 29.9 Å². The third-order valence-electron chi connectivity index (χ3n) is 28.6. The Labute approximate surface area is 836 Å². The van der Waals surface area contributed by atoms with Gasteiger partial charge in [0.1, 0.15) is 0 Å². The molecule has 9 nitrogen and oxygen atoms in total. The number of fused-ring (bicyclic) bond motifs is 21. The van der Waals surface area contributed by atoms with Gasteiger partial charge >= 0.3 is 0 Å². The average Bonchev–Trinajstić information content (AvgIpc) is 1.58. The van der Waals surface area contributed by atoms with Gasteiger partial charge < -0.3 is 0 Å². The van der Waals surface area contributed by atoms with Crippen LogP contribution in [0.15, 0.2) is 528 Å². The van der Waals surface area contributed by atoms with Crippen molar-refractivity contribution in [2.45, 2.75) is 0 Å². The summed E-state index contributed by atoms with van der Waals surface area (Å²) in [6, 6.07) is 187. The van der Waals surface area contributed by atoms with Gasteiger partial charge in [-0.05, 0) is 205 Å². The summed E-state index contributed by atoms with van der Waals surface area (Å²) in [5.41, 5.74) is 27.9. The monoisotopic (exact) mass is 1850 g/mol. The van der Waals surface area contributed by atoms with Gasteiger partial charge in [0.2, 0.25) is 17.8 Å². The highest BCUT2D eigenvalue weighted by Crippen LogP contribution is 2.46. The molecule has 0 bridgehead atoms. The van der Waals surface area contributed by atoms with Crippen molar-refractivity contribution in [3.63, 3.8) is 0 Å². The third kappa shape index (κ3) is 15.5. The zero-order valence-electron chi connectivity index (χ0n) is 78.8. The first-order valence-electron chi connectivity index (χ1n) is 49.3. The van der Waals surface area contributed by atoms with Crippen LogP contribution >= 0.6 is 0 Å². The maximum atomic E-state index is 5.20. The van der Waals surface area contributed by atoms with E-state index in [9.17, 15) is 0 Å². The molecule has 6 aromatic heterocycles. The van der Waals surface area contributed by atoms with E-state index in [0.717, 1.165) is 101 Å². The Morgan fingerprint density at radius 3 is 0.683 bits per heavy atom. The summed E-state index contributed by atoms with van der Waals surface area (Å²) < 4.78 is 6.68.